The average molecular weight is 718 g/mol. The molecule has 2 fully saturated rings. The lowest BCUT2D eigenvalue weighted by Gasteiger charge is -2.13. The molecule has 3 aromatic carbocycles. The van der Waals surface area contributed by atoms with Crippen molar-refractivity contribution >= 4 is 86.9 Å². The van der Waals surface area contributed by atoms with E-state index in [1.54, 1.807) is 29.6 Å². The number of halogens is 10. The van der Waals surface area contributed by atoms with E-state index in [0.717, 1.165) is 17.7 Å². The summed E-state index contributed by atoms with van der Waals surface area (Å²) in [5.41, 5.74) is -0.457. The summed E-state index contributed by atoms with van der Waals surface area (Å²) >= 11 is 31.5. The van der Waals surface area contributed by atoms with Gasteiger partial charge in [-0.05, 0) is 48.0 Å². The van der Waals surface area contributed by atoms with E-state index in [0.29, 0.717) is 15.7 Å². The summed E-state index contributed by atoms with van der Waals surface area (Å²) in [5.74, 6) is -5.35. The first-order chi connectivity index (χ1) is 20.6. The van der Waals surface area contributed by atoms with Crippen LogP contribution in [0.1, 0.15) is 34.7 Å². The van der Waals surface area contributed by atoms with Crippen LogP contribution in [0.25, 0.3) is 0 Å². The van der Waals surface area contributed by atoms with Crippen LogP contribution in [-0.4, -0.2) is 34.7 Å². The number of carbonyl (C=O) groups excluding carboxylic acids is 2. The molecule has 234 valence electrons. The number of ether oxygens (including phenoxy) is 1. The van der Waals surface area contributed by atoms with Crippen LogP contribution < -0.4 is 16.0 Å². The molecule has 1 aliphatic heterocycles. The standard InChI is InChI=1S/C28H19Cl5F5N3O3/c29-14-4-2-12(39-26-24(44-26)21-20(28(21,32)33)11-1-3-15(30)16(31)9-11)10-13(14)25(43)40-18-6-5-17(34)23(22(18)35)41-19(42)7-8-27(36,37)38/h1-6,9-10,20-21,24,26,39H,7-8H2,(H,40,43)(H,41,42)/t20-,21+,24?,26+/m0/s1. The first-order valence-corrected chi connectivity index (χ1v) is 14.7. The lowest BCUT2D eigenvalue weighted by molar-refractivity contribution is -0.142. The molecule has 0 radical (unpaired) electrons. The van der Waals surface area contributed by atoms with Crippen molar-refractivity contribution in [3.63, 3.8) is 0 Å². The van der Waals surface area contributed by atoms with Gasteiger partial charge < -0.3 is 20.7 Å². The number of carbonyl (C=O) groups is 2. The number of epoxide rings is 1. The Labute approximate surface area is 272 Å². The van der Waals surface area contributed by atoms with Gasteiger partial charge >= 0.3 is 6.18 Å². The molecule has 1 saturated carbocycles. The topological polar surface area (TPSA) is 82.8 Å². The Balaban J connectivity index is 1.24. The monoisotopic (exact) mass is 715 g/mol. The summed E-state index contributed by atoms with van der Waals surface area (Å²) in [6, 6.07) is 11.1. The van der Waals surface area contributed by atoms with E-state index in [9.17, 15) is 31.5 Å². The average Bonchev–Trinajstić information content (AvgIpc) is 3.82. The molecule has 3 aromatic rings. The summed E-state index contributed by atoms with van der Waals surface area (Å²) in [6.07, 6.45) is -8.06. The zero-order valence-electron chi connectivity index (χ0n) is 21.8. The second-order valence-corrected chi connectivity index (χ2v) is 12.8. The van der Waals surface area contributed by atoms with Gasteiger partial charge in [-0.2, -0.15) is 13.2 Å². The van der Waals surface area contributed by atoms with Gasteiger partial charge in [-0.3, -0.25) is 9.59 Å². The van der Waals surface area contributed by atoms with Gasteiger partial charge in [0.1, 0.15) is 21.9 Å². The number of anilines is 3. The van der Waals surface area contributed by atoms with Crippen molar-refractivity contribution in [1.82, 2.24) is 0 Å². The van der Waals surface area contributed by atoms with Gasteiger partial charge in [0.15, 0.2) is 12.0 Å². The first-order valence-electron chi connectivity index (χ1n) is 12.8. The van der Waals surface area contributed by atoms with Crippen molar-refractivity contribution in [3.8, 4) is 0 Å². The molecule has 3 N–H and O–H groups in total. The van der Waals surface area contributed by atoms with E-state index >= 15 is 0 Å². The quantitative estimate of drug-likeness (QED) is 0.117. The Morgan fingerprint density at radius 2 is 1.61 bits per heavy atom. The number of hydrogen-bond acceptors (Lipinski definition) is 4. The molecule has 0 aromatic heterocycles. The second kappa shape index (κ2) is 12.3. The summed E-state index contributed by atoms with van der Waals surface area (Å²) in [7, 11) is 0. The van der Waals surface area contributed by atoms with Crippen LogP contribution in [0, 0.1) is 17.6 Å². The van der Waals surface area contributed by atoms with E-state index in [1.165, 1.54) is 12.1 Å². The van der Waals surface area contributed by atoms with Gasteiger partial charge in [-0.15, -0.1) is 23.2 Å². The molecule has 0 spiro atoms. The van der Waals surface area contributed by atoms with E-state index in [1.807, 2.05) is 0 Å². The summed E-state index contributed by atoms with van der Waals surface area (Å²) in [6.45, 7) is 0. The third-order valence-corrected chi connectivity index (χ3v) is 9.09. The minimum atomic E-state index is -4.63. The van der Waals surface area contributed by atoms with Crippen LogP contribution in [0.15, 0.2) is 48.5 Å². The first kappa shape index (κ1) is 32.8. The maximum absolute atomic E-state index is 15.0. The minimum absolute atomic E-state index is 0.00748. The second-order valence-electron chi connectivity index (χ2n) is 10.1. The Morgan fingerprint density at radius 3 is 2.30 bits per heavy atom. The molecule has 1 unspecified atom stereocenters. The zero-order chi connectivity index (χ0) is 32.1. The Bertz CT molecular complexity index is 1640. The van der Waals surface area contributed by atoms with E-state index in [-0.39, 0.29) is 28.5 Å². The van der Waals surface area contributed by atoms with Gasteiger partial charge in [-0.1, -0.05) is 40.9 Å². The Hall–Kier alpha value is -2.54. The highest BCUT2D eigenvalue weighted by molar-refractivity contribution is 6.52. The number of benzene rings is 3. The molecule has 6 nitrogen and oxygen atoms in total. The van der Waals surface area contributed by atoms with Crippen molar-refractivity contribution in [2.45, 2.75) is 41.6 Å². The number of nitrogens with one attached hydrogen (secondary N) is 3. The number of hydrogen-bond donors (Lipinski definition) is 3. The predicted molar refractivity (Wildman–Crippen MR) is 159 cm³/mol. The summed E-state index contributed by atoms with van der Waals surface area (Å²) < 4.78 is 71.0. The highest BCUT2D eigenvalue weighted by Gasteiger charge is 2.72. The third-order valence-electron chi connectivity index (χ3n) is 7.05. The number of amides is 2. The molecule has 5 rings (SSSR count). The van der Waals surface area contributed by atoms with Crippen LogP contribution in [0.5, 0.6) is 0 Å². The Morgan fingerprint density at radius 1 is 0.909 bits per heavy atom. The van der Waals surface area contributed by atoms with Crippen LogP contribution in [0.3, 0.4) is 0 Å². The highest BCUT2D eigenvalue weighted by atomic mass is 35.5. The minimum Gasteiger partial charge on any atom is -0.358 e. The molecule has 1 heterocycles. The zero-order valence-corrected chi connectivity index (χ0v) is 25.6. The largest absolute Gasteiger partial charge is 0.389 e. The molecule has 16 heteroatoms. The van der Waals surface area contributed by atoms with E-state index < -0.39 is 64.4 Å². The highest BCUT2D eigenvalue weighted by Crippen LogP contribution is 2.69. The predicted octanol–water partition coefficient (Wildman–Crippen LogP) is 9.18. The van der Waals surface area contributed by atoms with Crippen molar-refractivity contribution in [1.29, 1.82) is 0 Å². The fraction of sp³-hybridized carbons (Fsp3) is 0.286. The molecule has 2 amide bonds. The molecular weight excluding hydrogens is 699 g/mol. The van der Waals surface area contributed by atoms with Gasteiger partial charge in [-0.25, -0.2) is 8.78 Å². The summed E-state index contributed by atoms with van der Waals surface area (Å²) in [4.78, 5) is 24.8. The molecule has 1 aliphatic carbocycles. The van der Waals surface area contributed by atoms with Gasteiger partial charge in [0, 0.05) is 23.9 Å². The molecule has 4 atom stereocenters. The fourth-order valence-electron chi connectivity index (χ4n) is 4.77. The third kappa shape index (κ3) is 7.13. The molecule has 1 saturated heterocycles. The maximum atomic E-state index is 15.0. The van der Waals surface area contributed by atoms with Crippen LogP contribution >= 0.6 is 58.0 Å². The van der Waals surface area contributed by atoms with Crippen LogP contribution in [0.2, 0.25) is 15.1 Å². The molecule has 44 heavy (non-hydrogen) atoms. The van der Waals surface area contributed by atoms with Crippen molar-refractivity contribution in [3.05, 3.63) is 86.4 Å². The van der Waals surface area contributed by atoms with Crippen molar-refractivity contribution < 1.29 is 36.3 Å². The lowest BCUT2D eigenvalue weighted by Crippen LogP contribution is -2.19. The van der Waals surface area contributed by atoms with Gasteiger partial charge in [0.2, 0.25) is 5.91 Å². The maximum Gasteiger partial charge on any atom is 0.389 e. The summed E-state index contributed by atoms with van der Waals surface area (Å²) in [5, 5.41) is 7.85. The molecule has 2 aliphatic rings. The van der Waals surface area contributed by atoms with Crippen LogP contribution in [-0.2, 0) is 9.53 Å². The van der Waals surface area contributed by atoms with Gasteiger partial charge in [0.25, 0.3) is 5.91 Å². The molecule has 0 bridgehead atoms. The number of alkyl halides is 5. The fourth-order valence-corrected chi connectivity index (χ4v) is 6.18. The van der Waals surface area contributed by atoms with E-state index in [4.69, 9.17) is 62.7 Å². The normalized spacial score (nSPS) is 21.9. The van der Waals surface area contributed by atoms with Crippen molar-refractivity contribution in [2.75, 3.05) is 16.0 Å². The number of rotatable bonds is 9. The smallest absolute Gasteiger partial charge is 0.358 e. The van der Waals surface area contributed by atoms with Crippen molar-refractivity contribution in [2.24, 2.45) is 5.92 Å². The molecular formula is C28H19Cl5F5N3O3. The SMILES string of the molecule is O=C(CCC(F)(F)F)Nc1c(F)ccc(NC(=O)c2cc(N[C@@H]3OC3[C@H]3[C@H](c4ccc(Cl)c(Cl)c4)C3(Cl)Cl)ccc2Cl)c1F. The Kier molecular flexibility index (Phi) is 9.21. The lowest BCUT2D eigenvalue weighted by atomic mass is 10.1. The van der Waals surface area contributed by atoms with Gasteiger partial charge in [0.05, 0.1) is 32.7 Å². The van der Waals surface area contributed by atoms with Crippen LogP contribution in [0.4, 0.5) is 39.0 Å². The van der Waals surface area contributed by atoms with E-state index in [2.05, 4.69) is 10.6 Å².